The molecule has 0 saturated carbocycles. The summed E-state index contributed by atoms with van der Waals surface area (Å²) in [6.07, 6.45) is 2.03. The Kier molecular flexibility index (Phi) is 6.91. The predicted molar refractivity (Wildman–Crippen MR) is 101 cm³/mol. The van der Waals surface area contributed by atoms with Crippen molar-refractivity contribution in [2.24, 2.45) is 0 Å². The van der Waals surface area contributed by atoms with E-state index >= 15 is 0 Å². The molecule has 1 fully saturated rings. The van der Waals surface area contributed by atoms with Crippen molar-refractivity contribution in [3.63, 3.8) is 0 Å². The number of carbonyl (C=O) groups excluding carboxylic acids is 1. The molecular formula is C19H32N4O. The average Bonchev–Trinajstić information content (AvgIpc) is 2.58. The maximum Gasteiger partial charge on any atom is 0.317 e. The minimum atomic E-state index is 0.0777. The fourth-order valence-electron chi connectivity index (χ4n) is 3.29. The van der Waals surface area contributed by atoms with E-state index in [0.29, 0.717) is 0 Å². The fraction of sp³-hybridized carbons (Fsp3) is 0.632. The molecule has 2 rings (SSSR count). The molecule has 1 saturated heterocycles. The number of piperazine rings is 1. The Balaban J connectivity index is 1.84. The lowest BCUT2D eigenvalue weighted by Crippen LogP contribution is -2.52. The number of anilines is 1. The van der Waals surface area contributed by atoms with Crippen LogP contribution in [0.2, 0.25) is 0 Å². The van der Waals surface area contributed by atoms with Gasteiger partial charge >= 0.3 is 6.03 Å². The number of rotatable bonds is 6. The van der Waals surface area contributed by atoms with Gasteiger partial charge in [0, 0.05) is 38.4 Å². The van der Waals surface area contributed by atoms with Crippen LogP contribution in [0, 0.1) is 6.92 Å². The molecule has 1 aromatic carbocycles. The molecule has 0 aromatic heterocycles. The normalized spacial score (nSPS) is 15.0. The Labute approximate surface area is 146 Å². The van der Waals surface area contributed by atoms with Crippen molar-refractivity contribution in [1.29, 1.82) is 0 Å². The minimum absolute atomic E-state index is 0.0777. The number of hydrogen-bond acceptors (Lipinski definition) is 3. The maximum absolute atomic E-state index is 12.3. The van der Waals surface area contributed by atoms with Crippen LogP contribution in [0.1, 0.15) is 24.5 Å². The molecular weight excluding hydrogens is 300 g/mol. The molecule has 0 aliphatic carbocycles. The Bertz CT molecular complexity index is 536. The molecule has 134 valence electrons. The van der Waals surface area contributed by atoms with Gasteiger partial charge in [0.25, 0.3) is 0 Å². The highest BCUT2D eigenvalue weighted by Gasteiger charge is 2.22. The summed E-state index contributed by atoms with van der Waals surface area (Å²) in [6, 6.07) is 6.61. The molecule has 1 aliphatic heterocycles. The molecule has 1 aliphatic rings. The molecule has 24 heavy (non-hydrogen) atoms. The van der Waals surface area contributed by atoms with E-state index in [1.165, 1.54) is 16.8 Å². The highest BCUT2D eigenvalue weighted by molar-refractivity contribution is 5.74. The summed E-state index contributed by atoms with van der Waals surface area (Å²) < 4.78 is 0. The SMILES string of the molecule is CCc1cccc(C)c1N1CCN(C(=O)NCCCN(C)C)CC1. The summed E-state index contributed by atoms with van der Waals surface area (Å²) in [6.45, 7) is 9.52. The van der Waals surface area contributed by atoms with Crippen molar-refractivity contribution in [2.45, 2.75) is 26.7 Å². The number of benzene rings is 1. The largest absolute Gasteiger partial charge is 0.368 e. The number of nitrogens with zero attached hydrogens (tertiary/aromatic N) is 3. The highest BCUT2D eigenvalue weighted by atomic mass is 16.2. The van der Waals surface area contributed by atoms with Gasteiger partial charge in [-0.3, -0.25) is 0 Å². The number of hydrogen-bond donors (Lipinski definition) is 1. The van der Waals surface area contributed by atoms with Gasteiger partial charge in [-0.05, 0) is 51.5 Å². The first-order valence-electron chi connectivity index (χ1n) is 9.04. The van der Waals surface area contributed by atoms with Crippen LogP contribution in [0.15, 0.2) is 18.2 Å². The summed E-state index contributed by atoms with van der Waals surface area (Å²) in [5.41, 5.74) is 4.10. The van der Waals surface area contributed by atoms with E-state index in [2.05, 4.69) is 61.3 Å². The number of para-hydroxylation sites is 1. The monoisotopic (exact) mass is 332 g/mol. The number of nitrogens with one attached hydrogen (secondary N) is 1. The van der Waals surface area contributed by atoms with E-state index < -0.39 is 0 Å². The molecule has 0 spiro atoms. The van der Waals surface area contributed by atoms with E-state index in [1.807, 2.05) is 4.90 Å². The van der Waals surface area contributed by atoms with Crippen molar-refractivity contribution in [3.05, 3.63) is 29.3 Å². The molecule has 2 amide bonds. The zero-order valence-electron chi connectivity index (χ0n) is 15.6. The quantitative estimate of drug-likeness (QED) is 0.813. The first kappa shape index (κ1) is 18.6. The van der Waals surface area contributed by atoms with Gasteiger partial charge in [0.05, 0.1) is 0 Å². The van der Waals surface area contributed by atoms with Gasteiger partial charge < -0.3 is 20.0 Å². The molecule has 0 atom stereocenters. The lowest BCUT2D eigenvalue weighted by atomic mass is 10.0. The van der Waals surface area contributed by atoms with E-state index in [1.54, 1.807) is 0 Å². The molecule has 1 heterocycles. The van der Waals surface area contributed by atoms with Gasteiger partial charge in [0.1, 0.15) is 0 Å². The van der Waals surface area contributed by atoms with Gasteiger partial charge in [0.2, 0.25) is 0 Å². The van der Waals surface area contributed by atoms with Crippen LogP contribution in [0.4, 0.5) is 10.5 Å². The van der Waals surface area contributed by atoms with E-state index in [-0.39, 0.29) is 6.03 Å². The lowest BCUT2D eigenvalue weighted by molar-refractivity contribution is 0.194. The first-order valence-corrected chi connectivity index (χ1v) is 9.04. The number of carbonyl (C=O) groups is 1. The molecule has 1 aromatic rings. The molecule has 0 unspecified atom stereocenters. The van der Waals surface area contributed by atoms with Gasteiger partial charge in [-0.25, -0.2) is 4.79 Å². The Morgan fingerprint density at radius 2 is 1.92 bits per heavy atom. The van der Waals surface area contributed by atoms with Crippen LogP contribution in [0.25, 0.3) is 0 Å². The van der Waals surface area contributed by atoms with Crippen LogP contribution >= 0.6 is 0 Å². The lowest BCUT2D eigenvalue weighted by Gasteiger charge is -2.37. The van der Waals surface area contributed by atoms with Gasteiger partial charge in [-0.1, -0.05) is 25.1 Å². The van der Waals surface area contributed by atoms with Crippen LogP contribution < -0.4 is 10.2 Å². The smallest absolute Gasteiger partial charge is 0.317 e. The molecule has 5 nitrogen and oxygen atoms in total. The molecule has 1 N–H and O–H groups in total. The summed E-state index contributed by atoms with van der Waals surface area (Å²) in [4.78, 5) is 18.8. The second kappa shape index (κ2) is 8.92. The van der Waals surface area contributed by atoms with Crippen LogP contribution in [0.3, 0.4) is 0 Å². The van der Waals surface area contributed by atoms with E-state index in [4.69, 9.17) is 0 Å². The van der Waals surface area contributed by atoms with Crippen molar-refractivity contribution >= 4 is 11.7 Å². The number of urea groups is 1. The predicted octanol–water partition coefficient (Wildman–Crippen LogP) is 2.34. The summed E-state index contributed by atoms with van der Waals surface area (Å²) in [5.74, 6) is 0. The summed E-state index contributed by atoms with van der Waals surface area (Å²) in [7, 11) is 4.11. The zero-order valence-corrected chi connectivity index (χ0v) is 15.6. The topological polar surface area (TPSA) is 38.8 Å². The summed E-state index contributed by atoms with van der Waals surface area (Å²) in [5, 5.41) is 3.04. The standard InChI is InChI=1S/C19H32N4O/c1-5-17-9-6-8-16(2)18(17)22-12-14-23(15-13-22)19(24)20-10-7-11-21(3)4/h6,8-9H,5,7,10-15H2,1-4H3,(H,20,24). The molecule has 0 bridgehead atoms. The number of aryl methyl sites for hydroxylation is 2. The van der Waals surface area contributed by atoms with Gasteiger partial charge in [-0.2, -0.15) is 0 Å². The third-order valence-corrected chi connectivity index (χ3v) is 4.64. The van der Waals surface area contributed by atoms with Crippen LogP contribution in [-0.4, -0.2) is 69.2 Å². The summed E-state index contributed by atoms with van der Waals surface area (Å²) >= 11 is 0. The molecule has 5 heteroatoms. The third-order valence-electron chi connectivity index (χ3n) is 4.64. The van der Waals surface area contributed by atoms with Gasteiger partial charge in [0.15, 0.2) is 0 Å². The Hall–Kier alpha value is -1.75. The van der Waals surface area contributed by atoms with E-state index in [9.17, 15) is 4.79 Å². The second-order valence-electron chi connectivity index (χ2n) is 6.80. The van der Waals surface area contributed by atoms with E-state index in [0.717, 1.165) is 52.1 Å². The van der Waals surface area contributed by atoms with Gasteiger partial charge in [-0.15, -0.1) is 0 Å². The van der Waals surface area contributed by atoms with Crippen molar-refractivity contribution in [3.8, 4) is 0 Å². The second-order valence-corrected chi connectivity index (χ2v) is 6.80. The van der Waals surface area contributed by atoms with Crippen LogP contribution in [0.5, 0.6) is 0 Å². The van der Waals surface area contributed by atoms with Crippen LogP contribution in [-0.2, 0) is 6.42 Å². The molecule has 0 radical (unpaired) electrons. The Morgan fingerprint density at radius 3 is 2.54 bits per heavy atom. The first-order chi connectivity index (χ1) is 11.5. The Morgan fingerprint density at radius 1 is 1.21 bits per heavy atom. The maximum atomic E-state index is 12.3. The van der Waals surface area contributed by atoms with Crippen molar-refractivity contribution in [1.82, 2.24) is 15.1 Å². The number of amides is 2. The average molecular weight is 332 g/mol. The minimum Gasteiger partial charge on any atom is -0.368 e. The fourth-order valence-corrected chi connectivity index (χ4v) is 3.29. The highest BCUT2D eigenvalue weighted by Crippen LogP contribution is 2.26. The zero-order chi connectivity index (χ0) is 17.5. The van der Waals surface area contributed by atoms with Crippen molar-refractivity contribution < 1.29 is 4.79 Å². The third kappa shape index (κ3) is 4.87. The van der Waals surface area contributed by atoms with Crippen molar-refractivity contribution in [2.75, 3.05) is 58.3 Å².